The number of aromatic nitrogens is 1. The second-order valence-electron chi connectivity index (χ2n) is 2.68. The average molecular weight is 222 g/mol. The third-order valence-electron chi connectivity index (χ3n) is 1.76. The van der Waals surface area contributed by atoms with Gasteiger partial charge in [0.25, 0.3) is 0 Å². The monoisotopic (exact) mass is 221 g/mol. The SMILES string of the molecule is FC(F)(F)c1ccc2c(Cl)noc2c1. The average Bonchev–Trinajstić information content (AvgIpc) is 2.46. The minimum atomic E-state index is -4.38. The molecule has 0 saturated heterocycles. The number of halogens is 4. The molecule has 0 aliphatic rings. The fraction of sp³-hybridized carbons (Fsp3) is 0.125. The summed E-state index contributed by atoms with van der Waals surface area (Å²) in [7, 11) is 0. The smallest absolute Gasteiger partial charge is 0.355 e. The van der Waals surface area contributed by atoms with Crippen molar-refractivity contribution in [3.05, 3.63) is 28.9 Å². The van der Waals surface area contributed by atoms with Gasteiger partial charge in [-0.1, -0.05) is 16.8 Å². The molecule has 0 fully saturated rings. The maximum Gasteiger partial charge on any atom is 0.416 e. The fourth-order valence-electron chi connectivity index (χ4n) is 1.08. The summed E-state index contributed by atoms with van der Waals surface area (Å²) in [6.45, 7) is 0. The first-order valence-electron chi connectivity index (χ1n) is 3.60. The van der Waals surface area contributed by atoms with E-state index in [1.54, 1.807) is 0 Å². The molecule has 0 saturated carbocycles. The summed E-state index contributed by atoms with van der Waals surface area (Å²) in [5.74, 6) is 0. The third kappa shape index (κ3) is 1.43. The van der Waals surface area contributed by atoms with E-state index in [1.165, 1.54) is 6.07 Å². The normalized spacial score (nSPS) is 12.3. The van der Waals surface area contributed by atoms with Crippen LogP contribution in [-0.2, 0) is 6.18 Å². The Morgan fingerprint density at radius 3 is 2.64 bits per heavy atom. The van der Waals surface area contributed by atoms with Crippen molar-refractivity contribution in [3.63, 3.8) is 0 Å². The van der Waals surface area contributed by atoms with Crippen LogP contribution in [0.15, 0.2) is 22.7 Å². The Balaban J connectivity index is 2.63. The van der Waals surface area contributed by atoms with Gasteiger partial charge in [0.2, 0.25) is 0 Å². The van der Waals surface area contributed by atoms with E-state index in [-0.39, 0.29) is 10.7 Å². The van der Waals surface area contributed by atoms with E-state index in [4.69, 9.17) is 11.6 Å². The van der Waals surface area contributed by atoms with Crippen LogP contribution in [0.5, 0.6) is 0 Å². The summed E-state index contributed by atoms with van der Waals surface area (Å²) < 4.78 is 41.3. The van der Waals surface area contributed by atoms with Gasteiger partial charge < -0.3 is 4.52 Å². The number of benzene rings is 1. The summed E-state index contributed by atoms with van der Waals surface area (Å²) in [6.07, 6.45) is -4.38. The van der Waals surface area contributed by atoms with E-state index in [2.05, 4.69) is 9.68 Å². The second-order valence-corrected chi connectivity index (χ2v) is 3.04. The Hall–Kier alpha value is -1.23. The van der Waals surface area contributed by atoms with Crippen molar-refractivity contribution >= 4 is 22.6 Å². The molecule has 74 valence electrons. The third-order valence-corrected chi connectivity index (χ3v) is 2.03. The molecule has 0 aliphatic carbocycles. The van der Waals surface area contributed by atoms with Crippen molar-refractivity contribution in [1.29, 1.82) is 0 Å². The van der Waals surface area contributed by atoms with Gasteiger partial charge in [0.15, 0.2) is 10.7 Å². The molecule has 6 heteroatoms. The molecule has 0 bridgehead atoms. The molecule has 1 aromatic heterocycles. The maximum atomic E-state index is 12.2. The molecule has 0 atom stereocenters. The largest absolute Gasteiger partial charge is 0.416 e. The van der Waals surface area contributed by atoms with Gasteiger partial charge >= 0.3 is 6.18 Å². The quantitative estimate of drug-likeness (QED) is 0.681. The highest BCUT2D eigenvalue weighted by atomic mass is 35.5. The number of rotatable bonds is 0. The Labute approximate surface area is 81.2 Å². The highest BCUT2D eigenvalue weighted by Gasteiger charge is 2.31. The number of hydrogen-bond acceptors (Lipinski definition) is 2. The predicted octanol–water partition coefficient (Wildman–Crippen LogP) is 3.50. The molecule has 1 aromatic carbocycles. The second kappa shape index (κ2) is 2.88. The van der Waals surface area contributed by atoms with Crippen LogP contribution in [0.1, 0.15) is 5.56 Å². The van der Waals surface area contributed by atoms with Gasteiger partial charge in [-0.2, -0.15) is 13.2 Å². The van der Waals surface area contributed by atoms with Crippen LogP contribution in [-0.4, -0.2) is 5.16 Å². The summed E-state index contributed by atoms with van der Waals surface area (Å²) in [5, 5.41) is 3.78. The maximum absolute atomic E-state index is 12.2. The summed E-state index contributed by atoms with van der Waals surface area (Å²) >= 11 is 5.55. The van der Waals surface area contributed by atoms with Crippen LogP contribution in [0.2, 0.25) is 5.15 Å². The molecule has 2 nitrogen and oxygen atoms in total. The first-order valence-corrected chi connectivity index (χ1v) is 3.98. The molecule has 0 N–H and O–H groups in total. The lowest BCUT2D eigenvalue weighted by Crippen LogP contribution is -2.03. The van der Waals surface area contributed by atoms with E-state index in [9.17, 15) is 13.2 Å². The molecule has 14 heavy (non-hydrogen) atoms. The Morgan fingerprint density at radius 2 is 2.00 bits per heavy atom. The van der Waals surface area contributed by atoms with Gasteiger partial charge in [-0.3, -0.25) is 0 Å². The minimum absolute atomic E-state index is 0.0322. The molecule has 2 rings (SSSR count). The van der Waals surface area contributed by atoms with Gasteiger partial charge in [0, 0.05) is 0 Å². The zero-order valence-electron chi connectivity index (χ0n) is 6.60. The highest BCUT2D eigenvalue weighted by Crippen LogP contribution is 2.32. The van der Waals surface area contributed by atoms with Crippen LogP contribution in [0, 0.1) is 0 Å². The van der Waals surface area contributed by atoms with Crippen LogP contribution >= 0.6 is 11.6 Å². The molecular formula is C8H3ClF3NO. The Kier molecular flexibility index (Phi) is 1.92. The first-order chi connectivity index (χ1) is 6.48. The first kappa shape index (κ1) is 9.33. The zero-order chi connectivity index (χ0) is 10.3. The predicted molar refractivity (Wildman–Crippen MR) is 44.0 cm³/mol. The van der Waals surface area contributed by atoms with Gasteiger partial charge in [0.1, 0.15) is 0 Å². The van der Waals surface area contributed by atoms with E-state index in [0.29, 0.717) is 5.39 Å². The molecular weight excluding hydrogens is 219 g/mol. The zero-order valence-corrected chi connectivity index (χ0v) is 7.36. The molecule has 0 spiro atoms. The lowest BCUT2D eigenvalue weighted by molar-refractivity contribution is -0.137. The molecule has 1 heterocycles. The summed E-state index contributed by atoms with van der Waals surface area (Å²) in [5.41, 5.74) is -0.748. The number of fused-ring (bicyclic) bond motifs is 1. The van der Waals surface area contributed by atoms with Crippen molar-refractivity contribution < 1.29 is 17.7 Å². The van der Waals surface area contributed by atoms with Crippen molar-refractivity contribution in [3.8, 4) is 0 Å². The minimum Gasteiger partial charge on any atom is -0.355 e. The van der Waals surface area contributed by atoms with Crippen LogP contribution in [0.3, 0.4) is 0 Å². The van der Waals surface area contributed by atoms with Crippen LogP contribution in [0.25, 0.3) is 11.0 Å². The van der Waals surface area contributed by atoms with Gasteiger partial charge in [-0.25, -0.2) is 0 Å². The molecule has 0 aliphatic heterocycles. The highest BCUT2D eigenvalue weighted by molar-refractivity contribution is 6.34. The molecule has 0 amide bonds. The lowest BCUT2D eigenvalue weighted by Gasteiger charge is -2.04. The van der Waals surface area contributed by atoms with Crippen molar-refractivity contribution in [2.24, 2.45) is 0 Å². The van der Waals surface area contributed by atoms with E-state index in [1.807, 2.05) is 0 Å². The number of nitrogens with zero attached hydrogens (tertiary/aromatic N) is 1. The lowest BCUT2D eigenvalue weighted by atomic mass is 10.2. The van der Waals surface area contributed by atoms with Crippen molar-refractivity contribution in [1.82, 2.24) is 5.16 Å². The Morgan fingerprint density at radius 1 is 1.29 bits per heavy atom. The van der Waals surface area contributed by atoms with Gasteiger partial charge in [-0.05, 0) is 18.2 Å². The Bertz CT molecular complexity index is 477. The number of hydrogen-bond donors (Lipinski definition) is 0. The molecule has 2 aromatic rings. The molecule has 0 radical (unpaired) electrons. The van der Waals surface area contributed by atoms with Crippen LogP contribution < -0.4 is 0 Å². The van der Waals surface area contributed by atoms with E-state index >= 15 is 0 Å². The van der Waals surface area contributed by atoms with E-state index < -0.39 is 11.7 Å². The van der Waals surface area contributed by atoms with E-state index in [0.717, 1.165) is 12.1 Å². The molecule has 0 unspecified atom stereocenters. The fourth-order valence-corrected chi connectivity index (χ4v) is 1.27. The van der Waals surface area contributed by atoms with Gasteiger partial charge in [-0.15, -0.1) is 0 Å². The summed E-state index contributed by atoms with van der Waals surface area (Å²) in [6, 6.07) is 3.04. The van der Waals surface area contributed by atoms with Crippen molar-refractivity contribution in [2.45, 2.75) is 6.18 Å². The van der Waals surface area contributed by atoms with Crippen LogP contribution in [0.4, 0.5) is 13.2 Å². The topological polar surface area (TPSA) is 26.0 Å². The standard InChI is InChI=1S/C8H3ClF3NO/c9-7-5-2-1-4(8(10,11)12)3-6(5)14-13-7/h1-3H. The van der Waals surface area contributed by atoms with Crippen molar-refractivity contribution in [2.75, 3.05) is 0 Å². The van der Waals surface area contributed by atoms with Gasteiger partial charge in [0.05, 0.1) is 10.9 Å². The summed E-state index contributed by atoms with van der Waals surface area (Å²) in [4.78, 5) is 0. The number of alkyl halides is 3.